The molecule has 0 bridgehead atoms. The highest BCUT2D eigenvalue weighted by Crippen LogP contribution is 2.52. The molecule has 3 nitrogen and oxygen atoms in total. The Kier molecular flexibility index (Phi) is 4.29. The van der Waals surface area contributed by atoms with Crippen LogP contribution in [0.15, 0.2) is 0 Å². The Labute approximate surface area is 117 Å². The molecule has 0 spiro atoms. The zero-order valence-corrected chi connectivity index (χ0v) is 12.9. The van der Waals surface area contributed by atoms with Crippen molar-refractivity contribution < 1.29 is 9.84 Å². The third-order valence-corrected chi connectivity index (χ3v) is 5.74. The first-order valence-electron chi connectivity index (χ1n) is 7.93. The summed E-state index contributed by atoms with van der Waals surface area (Å²) in [7, 11) is 0. The van der Waals surface area contributed by atoms with E-state index in [2.05, 4.69) is 20.8 Å². The molecular weight excluding hydrogens is 238 g/mol. The summed E-state index contributed by atoms with van der Waals surface area (Å²) < 4.78 is 5.78. The molecule has 1 saturated heterocycles. The molecule has 0 amide bonds. The van der Waals surface area contributed by atoms with Crippen LogP contribution in [0.5, 0.6) is 0 Å². The summed E-state index contributed by atoms with van der Waals surface area (Å²) in [6.07, 6.45) is 7.31. The number of rotatable bonds is 3. The Morgan fingerprint density at radius 1 is 1.21 bits per heavy atom. The maximum Gasteiger partial charge on any atom is 0.0764 e. The predicted molar refractivity (Wildman–Crippen MR) is 78.0 cm³/mol. The third kappa shape index (κ3) is 2.84. The van der Waals surface area contributed by atoms with Gasteiger partial charge in [-0.25, -0.2) is 0 Å². The summed E-state index contributed by atoms with van der Waals surface area (Å²) in [4.78, 5) is 0. The molecule has 0 aromatic carbocycles. The number of hydrogen-bond donors (Lipinski definition) is 2. The standard InChI is InChI=1S/C16H31NO2/c1-4-13-5-7-15(12-17,8-6-13)16(18)9-10-19-14(2,3)11-16/h13,18H,4-12,17H2,1-3H3. The molecule has 0 radical (unpaired) electrons. The van der Waals surface area contributed by atoms with Crippen LogP contribution >= 0.6 is 0 Å². The van der Waals surface area contributed by atoms with Crippen molar-refractivity contribution >= 4 is 0 Å². The number of aliphatic hydroxyl groups is 1. The van der Waals surface area contributed by atoms with Crippen LogP contribution in [0.25, 0.3) is 0 Å². The van der Waals surface area contributed by atoms with E-state index >= 15 is 0 Å². The van der Waals surface area contributed by atoms with Gasteiger partial charge in [0, 0.05) is 24.8 Å². The fraction of sp³-hybridized carbons (Fsp3) is 1.00. The highest BCUT2D eigenvalue weighted by Gasteiger charge is 2.54. The molecule has 2 rings (SSSR count). The first kappa shape index (κ1) is 15.3. The Morgan fingerprint density at radius 3 is 2.32 bits per heavy atom. The minimum absolute atomic E-state index is 0.0836. The average molecular weight is 269 g/mol. The molecule has 0 aromatic heterocycles. The summed E-state index contributed by atoms with van der Waals surface area (Å²) >= 11 is 0. The van der Waals surface area contributed by atoms with E-state index in [1.165, 1.54) is 19.3 Å². The van der Waals surface area contributed by atoms with Crippen molar-refractivity contribution in [2.75, 3.05) is 13.2 Å². The zero-order chi connectivity index (χ0) is 14.1. The summed E-state index contributed by atoms with van der Waals surface area (Å²) in [5.74, 6) is 0.830. The van der Waals surface area contributed by atoms with Crippen molar-refractivity contribution in [3.8, 4) is 0 Å². The van der Waals surface area contributed by atoms with Gasteiger partial charge in [0.2, 0.25) is 0 Å². The fourth-order valence-electron chi connectivity index (χ4n) is 4.29. The van der Waals surface area contributed by atoms with Crippen LogP contribution in [0.1, 0.15) is 65.7 Å². The lowest BCUT2D eigenvalue weighted by Gasteiger charge is -2.55. The Hall–Kier alpha value is -0.120. The molecule has 1 aliphatic heterocycles. The second kappa shape index (κ2) is 5.34. The molecule has 1 aliphatic carbocycles. The van der Waals surface area contributed by atoms with Gasteiger partial charge in [0.25, 0.3) is 0 Å². The van der Waals surface area contributed by atoms with E-state index in [9.17, 15) is 5.11 Å². The molecule has 112 valence electrons. The smallest absolute Gasteiger partial charge is 0.0764 e. The maximum atomic E-state index is 11.3. The van der Waals surface area contributed by atoms with Crippen LogP contribution in [-0.2, 0) is 4.74 Å². The summed E-state index contributed by atoms with van der Waals surface area (Å²) in [6, 6.07) is 0. The van der Waals surface area contributed by atoms with Crippen LogP contribution in [0, 0.1) is 11.3 Å². The van der Waals surface area contributed by atoms with Gasteiger partial charge in [-0.05, 0) is 45.4 Å². The van der Waals surface area contributed by atoms with Gasteiger partial charge >= 0.3 is 0 Å². The largest absolute Gasteiger partial charge is 0.389 e. The van der Waals surface area contributed by atoms with E-state index < -0.39 is 5.60 Å². The van der Waals surface area contributed by atoms with Gasteiger partial charge in [0.1, 0.15) is 0 Å². The molecule has 2 aliphatic rings. The Bertz CT molecular complexity index is 308. The molecule has 1 heterocycles. The number of hydrogen-bond acceptors (Lipinski definition) is 3. The molecule has 1 atom stereocenters. The van der Waals surface area contributed by atoms with Crippen molar-refractivity contribution in [1.82, 2.24) is 0 Å². The minimum Gasteiger partial charge on any atom is -0.389 e. The van der Waals surface area contributed by atoms with Gasteiger partial charge < -0.3 is 15.6 Å². The lowest BCUT2D eigenvalue weighted by Crippen LogP contribution is -2.60. The van der Waals surface area contributed by atoms with Gasteiger partial charge in [-0.1, -0.05) is 13.3 Å². The highest BCUT2D eigenvalue weighted by atomic mass is 16.5. The SMILES string of the molecule is CCC1CCC(CN)(C2(O)CCOC(C)(C)C2)CC1. The van der Waals surface area contributed by atoms with Gasteiger partial charge in [0.05, 0.1) is 17.8 Å². The van der Waals surface area contributed by atoms with E-state index in [1.54, 1.807) is 0 Å². The molecule has 19 heavy (non-hydrogen) atoms. The second-order valence-electron chi connectivity index (χ2n) is 7.40. The predicted octanol–water partition coefficient (Wildman–Crippen LogP) is 2.85. The topological polar surface area (TPSA) is 55.5 Å². The number of nitrogens with two attached hydrogens (primary N) is 1. The normalized spacial score (nSPS) is 43.1. The van der Waals surface area contributed by atoms with Crippen molar-refractivity contribution in [2.24, 2.45) is 17.1 Å². The quantitative estimate of drug-likeness (QED) is 0.828. The Balaban J connectivity index is 2.16. The first-order valence-corrected chi connectivity index (χ1v) is 7.93. The van der Waals surface area contributed by atoms with Crippen molar-refractivity contribution in [3.63, 3.8) is 0 Å². The van der Waals surface area contributed by atoms with Crippen molar-refractivity contribution in [1.29, 1.82) is 0 Å². The van der Waals surface area contributed by atoms with E-state index in [0.29, 0.717) is 19.6 Å². The van der Waals surface area contributed by atoms with Crippen molar-refractivity contribution in [2.45, 2.75) is 76.9 Å². The lowest BCUT2D eigenvalue weighted by molar-refractivity contribution is -0.202. The zero-order valence-electron chi connectivity index (χ0n) is 12.9. The lowest BCUT2D eigenvalue weighted by atomic mass is 9.57. The molecule has 0 aromatic rings. The summed E-state index contributed by atoms with van der Waals surface area (Å²) in [6.45, 7) is 7.70. The van der Waals surface area contributed by atoms with Gasteiger partial charge in [-0.15, -0.1) is 0 Å². The molecule has 1 saturated carbocycles. The van der Waals surface area contributed by atoms with Gasteiger partial charge in [0.15, 0.2) is 0 Å². The van der Waals surface area contributed by atoms with Gasteiger partial charge in [-0.3, -0.25) is 0 Å². The monoisotopic (exact) mass is 269 g/mol. The summed E-state index contributed by atoms with van der Waals surface area (Å²) in [5.41, 5.74) is 5.18. The maximum absolute atomic E-state index is 11.3. The fourth-order valence-corrected chi connectivity index (χ4v) is 4.29. The third-order valence-electron chi connectivity index (χ3n) is 5.74. The van der Waals surface area contributed by atoms with Crippen LogP contribution < -0.4 is 5.73 Å². The Morgan fingerprint density at radius 2 is 1.84 bits per heavy atom. The molecular formula is C16H31NO2. The molecule has 3 heteroatoms. The second-order valence-corrected chi connectivity index (χ2v) is 7.40. The first-order chi connectivity index (χ1) is 8.86. The number of ether oxygens (including phenoxy) is 1. The van der Waals surface area contributed by atoms with Crippen molar-refractivity contribution in [3.05, 3.63) is 0 Å². The molecule has 1 unspecified atom stereocenters. The average Bonchev–Trinajstić information content (AvgIpc) is 2.37. The van der Waals surface area contributed by atoms with E-state index in [0.717, 1.165) is 25.2 Å². The van der Waals surface area contributed by atoms with Crippen LogP contribution in [0.4, 0.5) is 0 Å². The minimum atomic E-state index is -0.637. The van der Waals surface area contributed by atoms with Crippen LogP contribution in [-0.4, -0.2) is 29.5 Å². The molecule has 3 N–H and O–H groups in total. The summed E-state index contributed by atoms with van der Waals surface area (Å²) in [5, 5.41) is 11.3. The van der Waals surface area contributed by atoms with E-state index in [1.807, 2.05) is 0 Å². The van der Waals surface area contributed by atoms with E-state index in [-0.39, 0.29) is 11.0 Å². The van der Waals surface area contributed by atoms with Crippen LogP contribution in [0.3, 0.4) is 0 Å². The highest BCUT2D eigenvalue weighted by molar-refractivity contribution is 5.05. The van der Waals surface area contributed by atoms with E-state index in [4.69, 9.17) is 10.5 Å². The van der Waals surface area contributed by atoms with Gasteiger partial charge in [-0.2, -0.15) is 0 Å². The molecule has 2 fully saturated rings. The van der Waals surface area contributed by atoms with Crippen LogP contribution in [0.2, 0.25) is 0 Å².